The van der Waals surface area contributed by atoms with E-state index in [0.29, 0.717) is 12.5 Å². The summed E-state index contributed by atoms with van der Waals surface area (Å²) in [6.07, 6.45) is 2.95. The maximum absolute atomic E-state index is 12.3. The lowest BCUT2D eigenvalue weighted by molar-refractivity contribution is 0.0956. The summed E-state index contributed by atoms with van der Waals surface area (Å²) in [7, 11) is 2.10. The van der Waals surface area contributed by atoms with Crippen molar-refractivity contribution in [3.8, 4) is 0 Å². The van der Waals surface area contributed by atoms with Crippen LogP contribution in [0.1, 0.15) is 47.1 Å². The Bertz CT molecular complexity index is 667. The zero-order valence-corrected chi connectivity index (χ0v) is 16.5. The molecule has 136 valence electrons. The summed E-state index contributed by atoms with van der Waals surface area (Å²) in [4.78, 5) is 19.9. The molecule has 25 heavy (non-hydrogen) atoms. The van der Waals surface area contributed by atoms with Gasteiger partial charge in [-0.05, 0) is 37.8 Å². The summed E-state index contributed by atoms with van der Waals surface area (Å²) < 4.78 is 0. The summed E-state index contributed by atoms with van der Waals surface area (Å²) in [6, 6.07) is 10.4. The number of aryl methyl sites for hydroxylation is 1. The SMILES string of the molecule is Cc1nc(CC(C)C)sc1C(=O)NCCCCN(C)c1ccccc1. The van der Waals surface area contributed by atoms with Crippen LogP contribution < -0.4 is 10.2 Å². The van der Waals surface area contributed by atoms with E-state index in [1.807, 2.05) is 13.0 Å². The molecule has 0 radical (unpaired) electrons. The second-order valence-corrected chi connectivity index (χ2v) is 7.92. The van der Waals surface area contributed by atoms with Crippen molar-refractivity contribution in [2.45, 2.75) is 40.0 Å². The van der Waals surface area contributed by atoms with Gasteiger partial charge in [0.05, 0.1) is 10.7 Å². The van der Waals surface area contributed by atoms with Crippen molar-refractivity contribution in [2.75, 3.05) is 25.0 Å². The molecule has 0 aliphatic carbocycles. The topological polar surface area (TPSA) is 45.2 Å². The van der Waals surface area contributed by atoms with Crippen LogP contribution in [0.5, 0.6) is 0 Å². The Kier molecular flexibility index (Phi) is 7.44. The molecule has 1 heterocycles. The first kappa shape index (κ1) is 19.4. The first-order valence-electron chi connectivity index (χ1n) is 8.98. The first-order chi connectivity index (χ1) is 12.0. The third kappa shape index (κ3) is 6.16. The highest BCUT2D eigenvalue weighted by Crippen LogP contribution is 2.20. The highest BCUT2D eigenvalue weighted by atomic mass is 32.1. The maximum Gasteiger partial charge on any atom is 0.263 e. The van der Waals surface area contributed by atoms with E-state index >= 15 is 0 Å². The van der Waals surface area contributed by atoms with E-state index in [1.165, 1.54) is 17.0 Å². The number of hydrogen-bond acceptors (Lipinski definition) is 4. The van der Waals surface area contributed by atoms with Crippen molar-refractivity contribution in [3.63, 3.8) is 0 Å². The molecular formula is C20H29N3OS. The Balaban J connectivity index is 1.71. The van der Waals surface area contributed by atoms with Crippen molar-refractivity contribution in [3.05, 3.63) is 45.9 Å². The lowest BCUT2D eigenvalue weighted by atomic mass is 10.1. The Labute approximate surface area is 155 Å². The number of amides is 1. The smallest absolute Gasteiger partial charge is 0.263 e. The second-order valence-electron chi connectivity index (χ2n) is 6.84. The number of carbonyl (C=O) groups excluding carboxylic acids is 1. The number of aromatic nitrogens is 1. The number of benzene rings is 1. The molecule has 2 rings (SSSR count). The van der Waals surface area contributed by atoms with Crippen molar-refractivity contribution < 1.29 is 4.79 Å². The molecule has 0 spiro atoms. The molecule has 1 aromatic heterocycles. The number of hydrogen-bond donors (Lipinski definition) is 1. The van der Waals surface area contributed by atoms with Crippen molar-refractivity contribution in [2.24, 2.45) is 5.92 Å². The minimum Gasteiger partial charge on any atom is -0.375 e. The van der Waals surface area contributed by atoms with Gasteiger partial charge in [-0.1, -0.05) is 32.0 Å². The second kappa shape index (κ2) is 9.56. The Morgan fingerprint density at radius 3 is 2.64 bits per heavy atom. The van der Waals surface area contributed by atoms with E-state index in [1.54, 1.807) is 0 Å². The largest absolute Gasteiger partial charge is 0.375 e. The molecule has 5 heteroatoms. The molecule has 1 aromatic carbocycles. The van der Waals surface area contributed by atoms with Gasteiger partial charge in [0.1, 0.15) is 4.88 Å². The zero-order chi connectivity index (χ0) is 18.2. The van der Waals surface area contributed by atoms with Crippen LogP contribution in [0.4, 0.5) is 5.69 Å². The minimum absolute atomic E-state index is 0.0152. The molecule has 0 aliphatic heterocycles. The van der Waals surface area contributed by atoms with Crippen molar-refractivity contribution in [1.29, 1.82) is 0 Å². The van der Waals surface area contributed by atoms with Gasteiger partial charge in [-0.2, -0.15) is 0 Å². The predicted octanol–water partition coefficient (Wildman–Crippen LogP) is 4.30. The van der Waals surface area contributed by atoms with E-state index in [2.05, 4.69) is 60.4 Å². The number of thiazole rings is 1. The molecule has 1 amide bonds. The van der Waals surface area contributed by atoms with Gasteiger partial charge in [-0.15, -0.1) is 11.3 Å². The van der Waals surface area contributed by atoms with Crippen molar-refractivity contribution in [1.82, 2.24) is 10.3 Å². The standard InChI is InChI=1S/C20H29N3OS/c1-15(2)14-18-22-16(3)19(25-18)20(24)21-12-8-9-13-23(4)17-10-6-5-7-11-17/h5-7,10-11,15H,8-9,12-14H2,1-4H3,(H,21,24). The Morgan fingerprint density at radius 2 is 1.96 bits per heavy atom. The van der Waals surface area contributed by atoms with Gasteiger partial charge < -0.3 is 10.2 Å². The number of carbonyl (C=O) groups is 1. The minimum atomic E-state index is 0.0152. The lowest BCUT2D eigenvalue weighted by Gasteiger charge is -2.19. The van der Waals surface area contributed by atoms with Crippen LogP contribution >= 0.6 is 11.3 Å². The molecular weight excluding hydrogens is 330 g/mol. The highest BCUT2D eigenvalue weighted by Gasteiger charge is 2.15. The molecule has 0 saturated heterocycles. The zero-order valence-electron chi connectivity index (χ0n) is 15.7. The summed E-state index contributed by atoms with van der Waals surface area (Å²) in [5.41, 5.74) is 2.08. The molecule has 4 nitrogen and oxygen atoms in total. The highest BCUT2D eigenvalue weighted by molar-refractivity contribution is 7.13. The monoisotopic (exact) mass is 359 g/mol. The fraction of sp³-hybridized carbons (Fsp3) is 0.500. The molecule has 0 fully saturated rings. The van der Waals surface area contributed by atoms with E-state index in [0.717, 1.165) is 41.4 Å². The molecule has 0 bridgehead atoms. The maximum atomic E-state index is 12.3. The van der Waals surface area contributed by atoms with Gasteiger partial charge in [0.15, 0.2) is 0 Å². The molecule has 1 N–H and O–H groups in total. The van der Waals surface area contributed by atoms with Gasteiger partial charge in [0, 0.05) is 32.2 Å². The van der Waals surface area contributed by atoms with Gasteiger partial charge in [0.25, 0.3) is 5.91 Å². The number of nitrogens with zero attached hydrogens (tertiary/aromatic N) is 2. The molecule has 0 unspecified atom stereocenters. The first-order valence-corrected chi connectivity index (χ1v) is 9.79. The third-order valence-electron chi connectivity index (χ3n) is 4.03. The van der Waals surface area contributed by atoms with Crippen LogP contribution in [0.15, 0.2) is 30.3 Å². The number of rotatable bonds is 9. The van der Waals surface area contributed by atoms with Gasteiger partial charge >= 0.3 is 0 Å². The third-order valence-corrected chi connectivity index (χ3v) is 5.21. The van der Waals surface area contributed by atoms with E-state index < -0.39 is 0 Å². The van der Waals surface area contributed by atoms with Crippen molar-refractivity contribution >= 4 is 22.9 Å². The van der Waals surface area contributed by atoms with E-state index in [9.17, 15) is 4.79 Å². The summed E-state index contributed by atoms with van der Waals surface area (Å²) in [5.74, 6) is 0.574. The molecule has 0 atom stereocenters. The van der Waals surface area contributed by atoms with Crippen LogP contribution in [0, 0.1) is 12.8 Å². The van der Waals surface area contributed by atoms with Crippen LogP contribution in [0.2, 0.25) is 0 Å². The number of anilines is 1. The van der Waals surface area contributed by atoms with Gasteiger partial charge in [-0.25, -0.2) is 4.98 Å². The summed E-state index contributed by atoms with van der Waals surface area (Å²) in [5, 5.41) is 4.09. The fourth-order valence-corrected chi connectivity index (χ4v) is 3.86. The van der Waals surface area contributed by atoms with Crippen LogP contribution in [0.25, 0.3) is 0 Å². The van der Waals surface area contributed by atoms with Crippen LogP contribution in [-0.4, -0.2) is 31.0 Å². The van der Waals surface area contributed by atoms with Gasteiger partial charge in [-0.3, -0.25) is 4.79 Å². The van der Waals surface area contributed by atoms with Gasteiger partial charge in [0.2, 0.25) is 0 Å². The average molecular weight is 360 g/mol. The fourth-order valence-electron chi connectivity index (χ4n) is 2.67. The Hall–Kier alpha value is -1.88. The lowest BCUT2D eigenvalue weighted by Crippen LogP contribution is -2.25. The van der Waals surface area contributed by atoms with E-state index in [-0.39, 0.29) is 5.91 Å². The predicted molar refractivity (Wildman–Crippen MR) is 107 cm³/mol. The van der Waals surface area contributed by atoms with Crippen LogP contribution in [0.3, 0.4) is 0 Å². The molecule has 0 saturated carbocycles. The normalized spacial score (nSPS) is 10.9. The number of unbranched alkanes of at least 4 members (excludes halogenated alkanes) is 1. The molecule has 0 aliphatic rings. The van der Waals surface area contributed by atoms with E-state index in [4.69, 9.17) is 0 Å². The summed E-state index contributed by atoms with van der Waals surface area (Å²) in [6.45, 7) is 7.95. The number of nitrogens with one attached hydrogen (secondary N) is 1. The number of para-hydroxylation sites is 1. The van der Waals surface area contributed by atoms with Crippen LogP contribution in [-0.2, 0) is 6.42 Å². The quantitative estimate of drug-likeness (QED) is 0.679. The Morgan fingerprint density at radius 1 is 1.24 bits per heavy atom. The molecule has 2 aromatic rings. The average Bonchev–Trinajstić information content (AvgIpc) is 2.94. The summed E-state index contributed by atoms with van der Waals surface area (Å²) >= 11 is 1.53.